The molecule has 1 aliphatic heterocycles. The van der Waals surface area contributed by atoms with E-state index in [9.17, 15) is 4.79 Å². The number of hydrogen-bond donors (Lipinski definition) is 2. The minimum Gasteiger partial charge on any atom is -0.384 e. The Balaban J connectivity index is 0.00000242. The standard InChI is InChI=1S/C16H23ClN2O2.ClH/c1-12(13-5-3-4-6-14(13)17)19-15(20)16(11-21-2)7-9-18-10-8-16;/h3-6,12,18H,7-11H2,1-2H3,(H,19,20);1H. The highest BCUT2D eigenvalue weighted by atomic mass is 35.5. The molecule has 2 N–H and O–H groups in total. The van der Waals surface area contributed by atoms with Gasteiger partial charge in [-0.3, -0.25) is 4.79 Å². The van der Waals surface area contributed by atoms with Gasteiger partial charge in [-0.2, -0.15) is 0 Å². The Bertz CT molecular complexity index is 485. The number of carbonyl (C=O) groups is 1. The number of halogens is 2. The topological polar surface area (TPSA) is 50.4 Å². The Hall–Kier alpha value is -0.810. The molecule has 1 aromatic rings. The van der Waals surface area contributed by atoms with E-state index in [1.807, 2.05) is 31.2 Å². The number of nitrogens with one attached hydrogen (secondary N) is 2. The number of carbonyl (C=O) groups excluding carboxylic acids is 1. The summed E-state index contributed by atoms with van der Waals surface area (Å²) in [6, 6.07) is 7.49. The summed E-state index contributed by atoms with van der Waals surface area (Å²) in [7, 11) is 1.65. The van der Waals surface area contributed by atoms with Crippen LogP contribution in [0.3, 0.4) is 0 Å². The number of ether oxygens (including phenoxy) is 1. The Morgan fingerprint density at radius 1 is 1.41 bits per heavy atom. The van der Waals surface area contributed by atoms with Crippen LogP contribution in [0.15, 0.2) is 24.3 Å². The molecule has 1 atom stereocenters. The second kappa shape index (κ2) is 8.73. The molecule has 1 heterocycles. The molecule has 1 aliphatic rings. The van der Waals surface area contributed by atoms with E-state index in [0.29, 0.717) is 11.6 Å². The lowest BCUT2D eigenvalue weighted by Gasteiger charge is -2.36. The quantitative estimate of drug-likeness (QED) is 0.861. The van der Waals surface area contributed by atoms with E-state index in [4.69, 9.17) is 16.3 Å². The van der Waals surface area contributed by atoms with Gasteiger partial charge < -0.3 is 15.4 Å². The second-order valence-electron chi connectivity index (χ2n) is 5.68. The van der Waals surface area contributed by atoms with Gasteiger partial charge in [-0.05, 0) is 44.5 Å². The minimum atomic E-state index is -0.435. The molecule has 1 fully saturated rings. The number of methoxy groups -OCH3 is 1. The first kappa shape index (κ1) is 19.2. The van der Waals surface area contributed by atoms with Gasteiger partial charge in [-0.1, -0.05) is 29.8 Å². The minimum absolute atomic E-state index is 0. The Labute approximate surface area is 143 Å². The van der Waals surface area contributed by atoms with E-state index >= 15 is 0 Å². The fraction of sp³-hybridized carbons (Fsp3) is 0.562. The molecule has 4 nitrogen and oxygen atoms in total. The molecule has 1 saturated heterocycles. The first-order chi connectivity index (χ1) is 10.1. The highest BCUT2D eigenvalue weighted by Crippen LogP contribution is 2.31. The lowest BCUT2D eigenvalue weighted by molar-refractivity contribution is -0.136. The molecule has 0 radical (unpaired) electrons. The van der Waals surface area contributed by atoms with Crippen LogP contribution in [0.25, 0.3) is 0 Å². The predicted molar refractivity (Wildman–Crippen MR) is 91.7 cm³/mol. The van der Waals surface area contributed by atoms with Crippen molar-refractivity contribution in [1.82, 2.24) is 10.6 Å². The largest absolute Gasteiger partial charge is 0.384 e. The van der Waals surface area contributed by atoms with E-state index in [1.54, 1.807) is 7.11 Å². The Kier molecular flexibility index (Phi) is 7.63. The predicted octanol–water partition coefficient (Wildman–Crippen LogP) is 2.96. The molecule has 1 unspecified atom stereocenters. The monoisotopic (exact) mass is 346 g/mol. The number of benzene rings is 1. The molecule has 0 spiro atoms. The lowest BCUT2D eigenvalue weighted by atomic mass is 9.78. The molecule has 2 rings (SSSR count). The van der Waals surface area contributed by atoms with Crippen molar-refractivity contribution >= 4 is 29.9 Å². The number of amides is 1. The van der Waals surface area contributed by atoms with E-state index in [-0.39, 0.29) is 24.4 Å². The van der Waals surface area contributed by atoms with Crippen molar-refractivity contribution in [1.29, 1.82) is 0 Å². The van der Waals surface area contributed by atoms with Crippen molar-refractivity contribution in [2.75, 3.05) is 26.8 Å². The number of rotatable bonds is 5. The van der Waals surface area contributed by atoms with Crippen LogP contribution in [0.4, 0.5) is 0 Å². The summed E-state index contributed by atoms with van der Waals surface area (Å²) < 4.78 is 5.30. The molecule has 1 aromatic carbocycles. The van der Waals surface area contributed by atoms with E-state index in [0.717, 1.165) is 31.5 Å². The summed E-state index contributed by atoms with van der Waals surface area (Å²) in [5.74, 6) is 0.0540. The van der Waals surface area contributed by atoms with Crippen LogP contribution in [-0.4, -0.2) is 32.7 Å². The van der Waals surface area contributed by atoms with Crippen molar-refractivity contribution in [3.8, 4) is 0 Å². The highest BCUT2D eigenvalue weighted by molar-refractivity contribution is 6.31. The van der Waals surface area contributed by atoms with Crippen molar-refractivity contribution < 1.29 is 9.53 Å². The van der Waals surface area contributed by atoms with Gasteiger partial charge in [0.05, 0.1) is 18.1 Å². The summed E-state index contributed by atoms with van der Waals surface area (Å²) in [5.41, 5.74) is 0.504. The molecule has 0 bridgehead atoms. The zero-order valence-electron chi connectivity index (χ0n) is 13.0. The maximum Gasteiger partial charge on any atom is 0.229 e. The van der Waals surface area contributed by atoms with Crippen LogP contribution in [0.2, 0.25) is 5.02 Å². The smallest absolute Gasteiger partial charge is 0.229 e. The van der Waals surface area contributed by atoms with Crippen LogP contribution < -0.4 is 10.6 Å². The molecule has 1 amide bonds. The van der Waals surface area contributed by atoms with Gasteiger partial charge in [0.1, 0.15) is 0 Å². The van der Waals surface area contributed by atoms with E-state index in [2.05, 4.69) is 10.6 Å². The summed E-state index contributed by atoms with van der Waals surface area (Å²) in [6.07, 6.45) is 1.59. The van der Waals surface area contributed by atoms with Crippen LogP contribution in [0.1, 0.15) is 31.4 Å². The number of hydrogen-bond acceptors (Lipinski definition) is 3. The molecular formula is C16H24Cl2N2O2. The van der Waals surface area contributed by atoms with Crippen LogP contribution in [0, 0.1) is 5.41 Å². The summed E-state index contributed by atoms with van der Waals surface area (Å²) in [5, 5.41) is 7.07. The van der Waals surface area contributed by atoms with Crippen molar-refractivity contribution in [2.24, 2.45) is 5.41 Å². The van der Waals surface area contributed by atoms with Gasteiger partial charge in [0.25, 0.3) is 0 Å². The maximum absolute atomic E-state index is 12.7. The third-order valence-electron chi connectivity index (χ3n) is 4.18. The van der Waals surface area contributed by atoms with Gasteiger partial charge in [0, 0.05) is 12.1 Å². The molecular weight excluding hydrogens is 323 g/mol. The lowest BCUT2D eigenvalue weighted by Crippen LogP contribution is -2.50. The average molecular weight is 347 g/mol. The summed E-state index contributed by atoms with van der Waals surface area (Å²) in [6.45, 7) is 4.10. The first-order valence-electron chi connectivity index (χ1n) is 7.34. The van der Waals surface area contributed by atoms with Crippen molar-refractivity contribution in [3.05, 3.63) is 34.9 Å². The third kappa shape index (κ3) is 4.35. The van der Waals surface area contributed by atoms with Crippen LogP contribution in [-0.2, 0) is 9.53 Å². The molecule has 22 heavy (non-hydrogen) atoms. The van der Waals surface area contributed by atoms with Crippen molar-refractivity contribution in [2.45, 2.75) is 25.8 Å². The fourth-order valence-corrected chi connectivity index (χ4v) is 3.17. The summed E-state index contributed by atoms with van der Waals surface area (Å²) in [4.78, 5) is 12.7. The molecule has 124 valence electrons. The normalized spacial score (nSPS) is 18.1. The maximum atomic E-state index is 12.7. The molecule has 6 heteroatoms. The Morgan fingerprint density at radius 2 is 2.05 bits per heavy atom. The van der Waals surface area contributed by atoms with E-state index < -0.39 is 5.41 Å². The van der Waals surface area contributed by atoms with E-state index in [1.165, 1.54) is 0 Å². The van der Waals surface area contributed by atoms with Gasteiger partial charge in [0.2, 0.25) is 5.91 Å². The van der Waals surface area contributed by atoms with Gasteiger partial charge in [-0.15, -0.1) is 12.4 Å². The third-order valence-corrected chi connectivity index (χ3v) is 4.53. The SMILES string of the molecule is COCC1(C(=O)NC(C)c2ccccc2Cl)CCNCC1.Cl. The zero-order valence-corrected chi connectivity index (χ0v) is 14.6. The Morgan fingerprint density at radius 3 is 2.64 bits per heavy atom. The first-order valence-corrected chi connectivity index (χ1v) is 7.72. The summed E-state index contributed by atoms with van der Waals surface area (Å²) >= 11 is 6.20. The second-order valence-corrected chi connectivity index (χ2v) is 6.09. The average Bonchev–Trinajstić information content (AvgIpc) is 2.48. The number of piperidine rings is 1. The molecule has 0 aromatic heterocycles. The fourth-order valence-electron chi connectivity index (χ4n) is 2.87. The van der Waals surface area contributed by atoms with Gasteiger partial charge in [-0.25, -0.2) is 0 Å². The van der Waals surface area contributed by atoms with Crippen LogP contribution in [0.5, 0.6) is 0 Å². The van der Waals surface area contributed by atoms with Crippen LogP contribution >= 0.6 is 24.0 Å². The molecule has 0 aliphatic carbocycles. The van der Waals surface area contributed by atoms with Gasteiger partial charge >= 0.3 is 0 Å². The zero-order chi connectivity index (χ0) is 15.3. The highest BCUT2D eigenvalue weighted by Gasteiger charge is 2.40. The van der Waals surface area contributed by atoms with Gasteiger partial charge in [0.15, 0.2) is 0 Å². The van der Waals surface area contributed by atoms with Crippen molar-refractivity contribution in [3.63, 3.8) is 0 Å². The molecule has 0 saturated carbocycles.